The van der Waals surface area contributed by atoms with E-state index in [9.17, 15) is 9.18 Å². The highest BCUT2D eigenvalue weighted by molar-refractivity contribution is 6.31. The first-order valence-corrected chi connectivity index (χ1v) is 10.9. The van der Waals surface area contributed by atoms with Crippen molar-refractivity contribution in [2.75, 3.05) is 41.3 Å². The second-order valence-corrected chi connectivity index (χ2v) is 8.05. The van der Waals surface area contributed by atoms with Gasteiger partial charge in [-0.15, -0.1) is 0 Å². The van der Waals surface area contributed by atoms with Gasteiger partial charge in [-0.05, 0) is 29.7 Å². The van der Waals surface area contributed by atoms with Crippen molar-refractivity contribution in [2.24, 2.45) is 0 Å². The molecule has 1 N–H and O–H groups in total. The molecule has 33 heavy (non-hydrogen) atoms. The maximum Gasteiger partial charge on any atom is 0.257 e. The first-order chi connectivity index (χ1) is 16.1. The average Bonchev–Trinajstić information content (AvgIpc) is 2.86. The Kier molecular flexibility index (Phi) is 5.75. The van der Waals surface area contributed by atoms with E-state index in [4.69, 9.17) is 11.6 Å². The number of aromatic nitrogens is 3. The third-order valence-electron chi connectivity index (χ3n) is 5.61. The van der Waals surface area contributed by atoms with E-state index in [1.165, 1.54) is 18.2 Å². The summed E-state index contributed by atoms with van der Waals surface area (Å²) in [4.78, 5) is 30.7. The van der Waals surface area contributed by atoms with Crippen molar-refractivity contribution in [1.29, 1.82) is 0 Å². The Hall–Kier alpha value is -3.78. The molecular weight excluding hydrogens is 443 g/mol. The van der Waals surface area contributed by atoms with Gasteiger partial charge >= 0.3 is 0 Å². The van der Waals surface area contributed by atoms with Gasteiger partial charge in [0.1, 0.15) is 11.6 Å². The summed E-state index contributed by atoms with van der Waals surface area (Å²) in [6.07, 6.45) is 5.08. The molecule has 0 spiro atoms. The maximum absolute atomic E-state index is 13.4. The van der Waals surface area contributed by atoms with Crippen molar-refractivity contribution in [3.8, 4) is 0 Å². The van der Waals surface area contributed by atoms with Crippen molar-refractivity contribution in [2.45, 2.75) is 0 Å². The van der Waals surface area contributed by atoms with E-state index in [-0.39, 0.29) is 10.9 Å². The first-order valence-electron chi connectivity index (χ1n) is 10.5. The minimum atomic E-state index is -0.537. The quantitative estimate of drug-likeness (QED) is 0.484. The van der Waals surface area contributed by atoms with Crippen LogP contribution in [0.25, 0.3) is 10.8 Å². The molecule has 5 rings (SSSR count). The van der Waals surface area contributed by atoms with Crippen LogP contribution < -0.4 is 15.1 Å². The maximum atomic E-state index is 13.4. The smallest absolute Gasteiger partial charge is 0.257 e. The third-order valence-corrected chi connectivity index (χ3v) is 5.90. The fraction of sp³-hybridized carbons (Fsp3) is 0.167. The van der Waals surface area contributed by atoms with Gasteiger partial charge < -0.3 is 15.1 Å². The highest BCUT2D eigenvalue weighted by atomic mass is 35.5. The van der Waals surface area contributed by atoms with Crippen LogP contribution >= 0.6 is 11.6 Å². The van der Waals surface area contributed by atoms with Crippen molar-refractivity contribution < 1.29 is 9.18 Å². The van der Waals surface area contributed by atoms with Crippen molar-refractivity contribution in [3.63, 3.8) is 0 Å². The van der Waals surface area contributed by atoms with Crippen LogP contribution in [0, 0.1) is 5.82 Å². The molecule has 1 aliphatic rings. The lowest BCUT2D eigenvalue weighted by Gasteiger charge is -2.35. The van der Waals surface area contributed by atoms with Gasteiger partial charge in [0.05, 0.1) is 10.6 Å². The molecule has 0 aliphatic carbocycles. The van der Waals surface area contributed by atoms with E-state index < -0.39 is 5.82 Å². The minimum Gasteiger partial charge on any atom is -0.353 e. The number of anilines is 3. The van der Waals surface area contributed by atoms with Gasteiger partial charge in [0.25, 0.3) is 5.91 Å². The Balaban J connectivity index is 1.39. The zero-order valence-corrected chi connectivity index (χ0v) is 18.3. The summed E-state index contributed by atoms with van der Waals surface area (Å²) in [7, 11) is 0. The summed E-state index contributed by atoms with van der Waals surface area (Å²) in [5.74, 6) is 0.688. The van der Waals surface area contributed by atoms with Crippen LogP contribution in [0.1, 0.15) is 10.4 Å². The predicted octanol–water partition coefficient (Wildman–Crippen LogP) is 4.40. The Labute approximate surface area is 194 Å². The number of carbonyl (C=O) groups is 1. The monoisotopic (exact) mass is 462 g/mol. The molecule has 0 bridgehead atoms. The summed E-state index contributed by atoms with van der Waals surface area (Å²) in [6, 6.07) is 13.6. The molecular formula is C24H20ClFN6O. The molecule has 0 unspecified atom stereocenters. The van der Waals surface area contributed by atoms with Crippen LogP contribution in [0.3, 0.4) is 0 Å². The number of hydrogen-bond acceptors (Lipinski definition) is 6. The van der Waals surface area contributed by atoms with Gasteiger partial charge in [-0.25, -0.2) is 19.3 Å². The number of rotatable bonds is 4. The number of halogens is 2. The van der Waals surface area contributed by atoms with Gasteiger partial charge in [-0.3, -0.25) is 4.79 Å². The fourth-order valence-corrected chi connectivity index (χ4v) is 4.14. The number of amides is 1. The molecule has 1 aliphatic heterocycles. The van der Waals surface area contributed by atoms with E-state index in [1.54, 1.807) is 24.7 Å². The van der Waals surface area contributed by atoms with Gasteiger partial charge in [0.15, 0.2) is 0 Å². The summed E-state index contributed by atoms with van der Waals surface area (Å²) < 4.78 is 13.4. The molecule has 9 heteroatoms. The first kappa shape index (κ1) is 21.1. The van der Waals surface area contributed by atoms with Gasteiger partial charge in [0.2, 0.25) is 5.95 Å². The molecule has 166 valence electrons. The largest absolute Gasteiger partial charge is 0.353 e. The summed E-state index contributed by atoms with van der Waals surface area (Å²) in [6.45, 7) is 3.06. The van der Waals surface area contributed by atoms with Crippen LogP contribution in [0.5, 0.6) is 0 Å². The van der Waals surface area contributed by atoms with E-state index in [0.29, 0.717) is 11.3 Å². The number of nitrogens with one attached hydrogen (secondary N) is 1. The molecule has 7 nitrogen and oxygen atoms in total. The second kappa shape index (κ2) is 8.99. The Morgan fingerprint density at radius 1 is 0.909 bits per heavy atom. The summed E-state index contributed by atoms with van der Waals surface area (Å²) in [5, 5.41) is 4.42. The lowest BCUT2D eigenvalue weighted by molar-refractivity contribution is 0.102. The topological polar surface area (TPSA) is 74.2 Å². The Morgan fingerprint density at radius 2 is 1.61 bits per heavy atom. The highest BCUT2D eigenvalue weighted by Gasteiger charge is 2.23. The molecule has 1 saturated heterocycles. The van der Waals surface area contributed by atoms with Crippen LogP contribution in [0.15, 0.2) is 67.1 Å². The van der Waals surface area contributed by atoms with Crippen LogP contribution in [0.4, 0.5) is 21.8 Å². The Morgan fingerprint density at radius 3 is 2.33 bits per heavy atom. The summed E-state index contributed by atoms with van der Waals surface area (Å²) in [5.41, 5.74) is 0.852. The molecule has 0 radical (unpaired) electrons. The highest BCUT2D eigenvalue weighted by Crippen LogP contribution is 2.29. The second-order valence-electron chi connectivity index (χ2n) is 7.65. The van der Waals surface area contributed by atoms with Crippen molar-refractivity contribution in [3.05, 3.63) is 83.5 Å². The van der Waals surface area contributed by atoms with E-state index in [0.717, 1.165) is 48.7 Å². The number of nitrogens with zero attached hydrogens (tertiary/aromatic N) is 5. The standard InChI is InChI=1S/C24H20ClFN6O/c25-20-14-16(6-7-21(20)26)30-23(33)19-15-29-22(18-5-2-1-4-17(18)19)31-10-12-32(13-11-31)24-27-8-3-9-28-24/h1-9,14-15H,10-13H2,(H,30,33). The number of fused-ring (bicyclic) bond motifs is 1. The minimum absolute atomic E-state index is 0.0498. The molecule has 2 aromatic carbocycles. The van der Waals surface area contributed by atoms with Crippen LogP contribution in [-0.4, -0.2) is 47.0 Å². The zero-order valence-electron chi connectivity index (χ0n) is 17.6. The number of hydrogen-bond donors (Lipinski definition) is 1. The molecule has 0 saturated carbocycles. The van der Waals surface area contributed by atoms with Crippen molar-refractivity contribution >= 4 is 45.7 Å². The predicted molar refractivity (Wildman–Crippen MR) is 128 cm³/mol. The SMILES string of the molecule is O=C(Nc1ccc(F)c(Cl)c1)c1cnc(N2CCN(c3ncccn3)CC2)c2ccccc12. The molecule has 1 fully saturated rings. The Bertz CT molecular complexity index is 1310. The molecule has 3 heterocycles. The number of benzene rings is 2. The van der Waals surface area contributed by atoms with E-state index in [2.05, 4.69) is 30.1 Å². The van der Waals surface area contributed by atoms with E-state index in [1.807, 2.05) is 24.3 Å². The van der Waals surface area contributed by atoms with E-state index >= 15 is 0 Å². The van der Waals surface area contributed by atoms with Gasteiger partial charge in [-0.2, -0.15) is 0 Å². The third kappa shape index (κ3) is 4.29. The summed E-state index contributed by atoms with van der Waals surface area (Å²) >= 11 is 5.84. The normalized spacial score (nSPS) is 13.9. The molecule has 0 atom stereocenters. The number of piperazine rings is 1. The fourth-order valence-electron chi connectivity index (χ4n) is 3.96. The zero-order chi connectivity index (χ0) is 22.8. The van der Waals surface area contributed by atoms with Crippen molar-refractivity contribution in [1.82, 2.24) is 15.0 Å². The average molecular weight is 463 g/mol. The van der Waals surface area contributed by atoms with Crippen LogP contribution in [0.2, 0.25) is 5.02 Å². The lowest BCUT2D eigenvalue weighted by Crippen LogP contribution is -2.47. The van der Waals surface area contributed by atoms with Crippen LogP contribution in [-0.2, 0) is 0 Å². The molecule has 4 aromatic rings. The lowest BCUT2D eigenvalue weighted by atomic mass is 10.1. The molecule has 1 amide bonds. The number of pyridine rings is 1. The molecule has 2 aromatic heterocycles. The van der Waals surface area contributed by atoms with Gasteiger partial charge in [0, 0.05) is 55.8 Å². The van der Waals surface area contributed by atoms with Gasteiger partial charge in [-0.1, -0.05) is 35.9 Å². The number of carbonyl (C=O) groups excluding carboxylic acids is 1.